The van der Waals surface area contributed by atoms with E-state index >= 15 is 0 Å². The lowest BCUT2D eigenvalue weighted by atomic mass is 10.2. The van der Waals surface area contributed by atoms with E-state index in [4.69, 9.17) is 10.8 Å². The van der Waals surface area contributed by atoms with E-state index < -0.39 is 0 Å². The Labute approximate surface area is 117 Å². The molecule has 0 radical (unpaired) electrons. The van der Waals surface area contributed by atoms with Gasteiger partial charge in [0.05, 0.1) is 13.1 Å². The van der Waals surface area contributed by atoms with E-state index in [9.17, 15) is 0 Å². The fourth-order valence-electron chi connectivity index (χ4n) is 2.12. The molecule has 0 atom stereocenters. The van der Waals surface area contributed by atoms with Crippen molar-refractivity contribution in [2.75, 3.05) is 19.6 Å². The Hall–Kier alpha value is -1.24. The van der Waals surface area contributed by atoms with Crippen LogP contribution in [0.2, 0.25) is 0 Å². The second-order valence-corrected chi connectivity index (χ2v) is 4.89. The number of hydrogen-bond donors (Lipinski definition) is 1. The Balaban J connectivity index is 2.59. The van der Waals surface area contributed by atoms with Crippen LogP contribution in [0.4, 0.5) is 0 Å². The number of nitrogens with one attached hydrogen (secondary N) is 1. The molecule has 0 aliphatic rings. The molecule has 1 rings (SSSR count). The Bertz CT molecular complexity index is 403. The van der Waals surface area contributed by atoms with E-state index in [2.05, 4.69) is 36.1 Å². The zero-order chi connectivity index (χ0) is 14.1. The van der Waals surface area contributed by atoms with Gasteiger partial charge in [-0.2, -0.15) is 0 Å². The maximum atomic E-state index is 5.78. The molecule has 0 saturated carbocycles. The largest absolute Gasteiger partial charge is 0.465 e. The Morgan fingerprint density at radius 3 is 2.79 bits per heavy atom. The Morgan fingerprint density at radius 1 is 1.37 bits per heavy atom. The monoisotopic (exact) mass is 262 g/mol. The van der Waals surface area contributed by atoms with Crippen LogP contribution < -0.4 is 5.32 Å². The highest BCUT2D eigenvalue weighted by atomic mass is 16.3. The fourth-order valence-corrected chi connectivity index (χ4v) is 2.12. The van der Waals surface area contributed by atoms with Crippen molar-refractivity contribution < 1.29 is 4.42 Å². The second-order valence-electron chi connectivity index (χ2n) is 4.89. The van der Waals surface area contributed by atoms with Gasteiger partial charge in [-0.15, -0.1) is 6.42 Å². The van der Waals surface area contributed by atoms with Crippen molar-refractivity contribution in [3.05, 3.63) is 23.2 Å². The molecular formula is C16H26N2O. The number of rotatable bonds is 9. The summed E-state index contributed by atoms with van der Waals surface area (Å²) in [6.45, 7) is 10.8. The van der Waals surface area contributed by atoms with E-state index in [1.165, 1.54) is 5.56 Å². The average molecular weight is 262 g/mol. The lowest BCUT2D eigenvalue weighted by Gasteiger charge is -2.18. The maximum absolute atomic E-state index is 5.78. The van der Waals surface area contributed by atoms with Crippen molar-refractivity contribution in [1.29, 1.82) is 0 Å². The maximum Gasteiger partial charge on any atom is 0.118 e. The van der Waals surface area contributed by atoms with Crippen LogP contribution in [0.5, 0.6) is 0 Å². The number of aryl methyl sites for hydroxylation is 1. The first-order valence-electron chi connectivity index (χ1n) is 7.15. The predicted octanol–water partition coefficient (Wildman–Crippen LogP) is 2.93. The molecule has 0 aliphatic carbocycles. The normalized spacial score (nSPS) is 10.9. The van der Waals surface area contributed by atoms with E-state index in [-0.39, 0.29) is 0 Å². The molecule has 0 fully saturated rings. The summed E-state index contributed by atoms with van der Waals surface area (Å²) in [5.41, 5.74) is 1.25. The van der Waals surface area contributed by atoms with Gasteiger partial charge in [0.15, 0.2) is 0 Å². The summed E-state index contributed by atoms with van der Waals surface area (Å²) in [6.07, 6.45) is 7.66. The smallest absolute Gasteiger partial charge is 0.118 e. The molecule has 0 amide bonds. The standard InChI is InChI=1S/C16H26N2O/c1-5-8-17-12-16-11-15(14(4)19-16)13-18(9-6-2)10-7-3/h2,11,17H,5,7-10,12-13H2,1,3-4H3. The molecule has 106 valence electrons. The van der Waals surface area contributed by atoms with Crippen molar-refractivity contribution >= 4 is 0 Å². The zero-order valence-corrected chi connectivity index (χ0v) is 12.5. The second kappa shape index (κ2) is 8.79. The van der Waals surface area contributed by atoms with Crippen LogP contribution in [0.1, 0.15) is 43.8 Å². The van der Waals surface area contributed by atoms with Crippen molar-refractivity contribution in [2.24, 2.45) is 0 Å². The lowest BCUT2D eigenvalue weighted by molar-refractivity contribution is 0.297. The summed E-state index contributed by atoms with van der Waals surface area (Å²) >= 11 is 0. The molecule has 0 unspecified atom stereocenters. The van der Waals surface area contributed by atoms with Gasteiger partial charge in [-0.25, -0.2) is 0 Å². The fraction of sp³-hybridized carbons (Fsp3) is 0.625. The summed E-state index contributed by atoms with van der Waals surface area (Å²) in [5, 5.41) is 3.36. The van der Waals surface area contributed by atoms with E-state index in [1.54, 1.807) is 0 Å². The van der Waals surface area contributed by atoms with Gasteiger partial charge < -0.3 is 9.73 Å². The first-order chi connectivity index (χ1) is 9.21. The number of hydrogen-bond acceptors (Lipinski definition) is 3. The van der Waals surface area contributed by atoms with Crippen LogP contribution in [0.3, 0.4) is 0 Å². The summed E-state index contributed by atoms with van der Waals surface area (Å²) in [7, 11) is 0. The van der Waals surface area contributed by atoms with Crippen molar-refractivity contribution in [3.63, 3.8) is 0 Å². The third-order valence-electron chi connectivity index (χ3n) is 3.05. The summed E-state index contributed by atoms with van der Waals surface area (Å²) in [6, 6.07) is 2.15. The highest BCUT2D eigenvalue weighted by molar-refractivity contribution is 5.21. The minimum Gasteiger partial charge on any atom is -0.465 e. The molecule has 1 heterocycles. The van der Waals surface area contributed by atoms with Gasteiger partial charge in [-0.05, 0) is 38.9 Å². The third-order valence-corrected chi connectivity index (χ3v) is 3.05. The third kappa shape index (κ3) is 5.50. The number of nitrogens with zero attached hydrogens (tertiary/aromatic N) is 1. The van der Waals surface area contributed by atoms with Crippen molar-refractivity contribution in [3.8, 4) is 12.3 Å². The minimum atomic E-state index is 0.696. The van der Waals surface area contributed by atoms with Crippen LogP contribution in [-0.4, -0.2) is 24.5 Å². The molecule has 0 saturated heterocycles. The summed E-state index contributed by atoms with van der Waals surface area (Å²) in [5.74, 6) is 4.74. The number of terminal acetylenes is 1. The quantitative estimate of drug-likeness (QED) is 0.548. The molecule has 0 aliphatic heterocycles. The molecule has 19 heavy (non-hydrogen) atoms. The van der Waals surface area contributed by atoms with Crippen LogP contribution in [-0.2, 0) is 13.1 Å². The molecule has 1 aromatic rings. The molecule has 3 nitrogen and oxygen atoms in total. The van der Waals surface area contributed by atoms with Crippen LogP contribution in [0, 0.1) is 19.3 Å². The molecular weight excluding hydrogens is 236 g/mol. The van der Waals surface area contributed by atoms with Crippen molar-refractivity contribution in [2.45, 2.75) is 46.7 Å². The molecule has 0 bridgehead atoms. The summed E-state index contributed by atoms with van der Waals surface area (Å²) in [4.78, 5) is 2.28. The molecule has 0 spiro atoms. The van der Waals surface area contributed by atoms with Gasteiger partial charge in [-0.1, -0.05) is 19.8 Å². The highest BCUT2D eigenvalue weighted by Gasteiger charge is 2.11. The first kappa shape index (κ1) is 15.8. The van der Waals surface area contributed by atoms with Gasteiger partial charge in [0, 0.05) is 12.1 Å². The first-order valence-corrected chi connectivity index (χ1v) is 7.15. The Morgan fingerprint density at radius 2 is 2.16 bits per heavy atom. The lowest BCUT2D eigenvalue weighted by Crippen LogP contribution is -2.24. The van der Waals surface area contributed by atoms with E-state index in [0.29, 0.717) is 6.54 Å². The number of furan rings is 1. The highest BCUT2D eigenvalue weighted by Crippen LogP contribution is 2.16. The molecule has 1 N–H and O–H groups in total. The predicted molar refractivity (Wildman–Crippen MR) is 79.8 cm³/mol. The van der Waals surface area contributed by atoms with Gasteiger partial charge in [0.25, 0.3) is 0 Å². The van der Waals surface area contributed by atoms with Gasteiger partial charge >= 0.3 is 0 Å². The zero-order valence-electron chi connectivity index (χ0n) is 12.5. The van der Waals surface area contributed by atoms with Crippen LogP contribution >= 0.6 is 0 Å². The van der Waals surface area contributed by atoms with Crippen LogP contribution in [0.25, 0.3) is 0 Å². The molecule has 1 aromatic heterocycles. The summed E-state index contributed by atoms with van der Waals surface area (Å²) < 4.78 is 5.78. The average Bonchev–Trinajstić information content (AvgIpc) is 2.71. The van der Waals surface area contributed by atoms with Crippen LogP contribution in [0.15, 0.2) is 10.5 Å². The van der Waals surface area contributed by atoms with Crippen molar-refractivity contribution in [1.82, 2.24) is 10.2 Å². The van der Waals surface area contributed by atoms with Gasteiger partial charge in [-0.3, -0.25) is 4.90 Å². The molecule has 3 heteroatoms. The minimum absolute atomic E-state index is 0.696. The topological polar surface area (TPSA) is 28.4 Å². The van der Waals surface area contributed by atoms with E-state index in [0.717, 1.165) is 50.5 Å². The van der Waals surface area contributed by atoms with Gasteiger partial charge in [0.1, 0.15) is 11.5 Å². The van der Waals surface area contributed by atoms with Gasteiger partial charge in [0.2, 0.25) is 0 Å². The SMILES string of the molecule is C#CCN(CCC)Cc1cc(CNCCC)oc1C. The molecule has 0 aromatic carbocycles. The van der Waals surface area contributed by atoms with E-state index in [1.807, 2.05) is 6.92 Å². The Kier molecular flexibility index (Phi) is 7.32.